The van der Waals surface area contributed by atoms with Crippen LogP contribution in [0.15, 0.2) is 24.3 Å². The summed E-state index contributed by atoms with van der Waals surface area (Å²) in [5, 5.41) is 15.5. The fourth-order valence-corrected chi connectivity index (χ4v) is 2.54. The Hall–Kier alpha value is -1.62. The Balaban J connectivity index is 1.84. The smallest absolute Gasteiger partial charge is 0.319 e. The third-order valence-electron chi connectivity index (χ3n) is 3.73. The van der Waals surface area contributed by atoms with Crippen LogP contribution in [0, 0.1) is 5.82 Å². The predicted octanol–water partition coefficient (Wildman–Crippen LogP) is 3.03. The summed E-state index contributed by atoms with van der Waals surface area (Å²) in [6, 6.07) is 5.50. The molecule has 20 heavy (non-hydrogen) atoms. The summed E-state index contributed by atoms with van der Waals surface area (Å²) in [7, 11) is 0. The zero-order valence-corrected chi connectivity index (χ0v) is 11.5. The molecule has 0 radical (unpaired) electrons. The summed E-state index contributed by atoms with van der Waals surface area (Å²) in [5.74, 6) is -0.476. The van der Waals surface area contributed by atoms with Crippen LogP contribution in [0.1, 0.15) is 38.5 Å². The van der Waals surface area contributed by atoms with E-state index in [-0.39, 0.29) is 12.2 Å². The van der Waals surface area contributed by atoms with Crippen molar-refractivity contribution in [3.8, 4) is 0 Å². The standard InChI is InChI=1S/C15H21FN2O2/c16-12-7-3-4-8-13(12)18-14(19)17-11-15(20)9-5-1-2-6-10-15/h3-4,7-8,20H,1-2,5-6,9-11H2,(H2,17,18,19). The van der Waals surface area contributed by atoms with E-state index in [1.807, 2.05) is 0 Å². The molecule has 0 aromatic heterocycles. The van der Waals surface area contributed by atoms with Gasteiger partial charge in [0.15, 0.2) is 0 Å². The molecule has 2 amide bonds. The number of carbonyl (C=O) groups excluding carboxylic acids is 1. The lowest BCUT2D eigenvalue weighted by Gasteiger charge is -2.26. The fourth-order valence-electron chi connectivity index (χ4n) is 2.54. The SMILES string of the molecule is O=C(NCC1(O)CCCCCC1)Nc1ccccc1F. The number of halogens is 1. The number of amides is 2. The number of benzene rings is 1. The molecule has 0 spiro atoms. The third-order valence-corrected chi connectivity index (χ3v) is 3.73. The zero-order valence-electron chi connectivity index (χ0n) is 11.5. The molecule has 110 valence electrons. The van der Waals surface area contributed by atoms with Crippen LogP contribution in [0.2, 0.25) is 0 Å². The van der Waals surface area contributed by atoms with Crippen molar-refractivity contribution in [1.29, 1.82) is 0 Å². The van der Waals surface area contributed by atoms with E-state index in [4.69, 9.17) is 0 Å². The molecule has 1 aromatic rings. The van der Waals surface area contributed by atoms with Crippen molar-refractivity contribution in [2.75, 3.05) is 11.9 Å². The second kappa shape index (κ2) is 6.70. The third kappa shape index (κ3) is 4.20. The number of aliphatic hydroxyl groups is 1. The first kappa shape index (κ1) is 14.8. The molecule has 1 saturated carbocycles. The maximum Gasteiger partial charge on any atom is 0.319 e. The van der Waals surface area contributed by atoms with Gasteiger partial charge in [-0.3, -0.25) is 0 Å². The molecule has 3 N–H and O–H groups in total. The zero-order chi connectivity index (χ0) is 14.4. The Labute approximate surface area is 118 Å². The molecule has 4 nitrogen and oxygen atoms in total. The Morgan fingerprint density at radius 3 is 2.50 bits per heavy atom. The maximum absolute atomic E-state index is 13.4. The van der Waals surface area contributed by atoms with Gasteiger partial charge in [-0.1, -0.05) is 37.8 Å². The second-order valence-corrected chi connectivity index (χ2v) is 5.43. The van der Waals surface area contributed by atoms with Gasteiger partial charge in [0, 0.05) is 6.54 Å². The number of rotatable bonds is 3. The van der Waals surface area contributed by atoms with E-state index in [0.29, 0.717) is 12.8 Å². The van der Waals surface area contributed by atoms with E-state index in [0.717, 1.165) is 25.7 Å². The molecule has 0 heterocycles. The molecule has 1 fully saturated rings. The van der Waals surface area contributed by atoms with E-state index >= 15 is 0 Å². The molecule has 0 atom stereocenters. The van der Waals surface area contributed by atoms with Crippen LogP contribution in [-0.2, 0) is 0 Å². The monoisotopic (exact) mass is 280 g/mol. The van der Waals surface area contributed by atoms with Gasteiger partial charge in [-0.05, 0) is 25.0 Å². The van der Waals surface area contributed by atoms with Crippen molar-refractivity contribution in [3.05, 3.63) is 30.1 Å². The van der Waals surface area contributed by atoms with Gasteiger partial charge in [-0.15, -0.1) is 0 Å². The van der Waals surface area contributed by atoms with E-state index < -0.39 is 17.4 Å². The van der Waals surface area contributed by atoms with Crippen molar-refractivity contribution < 1.29 is 14.3 Å². The Bertz CT molecular complexity index is 457. The van der Waals surface area contributed by atoms with Crippen LogP contribution in [0.25, 0.3) is 0 Å². The van der Waals surface area contributed by atoms with Gasteiger partial charge in [-0.2, -0.15) is 0 Å². The number of anilines is 1. The van der Waals surface area contributed by atoms with Crippen LogP contribution >= 0.6 is 0 Å². The lowest BCUT2D eigenvalue weighted by Crippen LogP contribution is -2.44. The minimum atomic E-state index is -0.830. The number of hydrogen-bond acceptors (Lipinski definition) is 2. The first-order valence-electron chi connectivity index (χ1n) is 7.11. The van der Waals surface area contributed by atoms with Crippen LogP contribution in [0.4, 0.5) is 14.9 Å². The van der Waals surface area contributed by atoms with Crippen molar-refractivity contribution in [3.63, 3.8) is 0 Å². The topological polar surface area (TPSA) is 61.4 Å². The summed E-state index contributed by atoms with van der Waals surface area (Å²) >= 11 is 0. The number of carbonyl (C=O) groups is 1. The van der Waals surface area contributed by atoms with Crippen LogP contribution < -0.4 is 10.6 Å². The van der Waals surface area contributed by atoms with Crippen molar-refractivity contribution in [2.24, 2.45) is 0 Å². The van der Waals surface area contributed by atoms with Crippen molar-refractivity contribution in [2.45, 2.75) is 44.1 Å². The molecule has 1 aromatic carbocycles. The highest BCUT2D eigenvalue weighted by Crippen LogP contribution is 2.26. The van der Waals surface area contributed by atoms with Gasteiger partial charge in [0.1, 0.15) is 5.82 Å². The molecule has 1 aliphatic carbocycles. The molecule has 0 saturated heterocycles. The van der Waals surface area contributed by atoms with E-state index in [9.17, 15) is 14.3 Å². The van der Waals surface area contributed by atoms with E-state index in [1.54, 1.807) is 12.1 Å². The Morgan fingerprint density at radius 2 is 1.85 bits per heavy atom. The second-order valence-electron chi connectivity index (χ2n) is 5.43. The molecule has 5 heteroatoms. The van der Waals surface area contributed by atoms with Gasteiger partial charge >= 0.3 is 6.03 Å². The lowest BCUT2D eigenvalue weighted by atomic mass is 9.95. The maximum atomic E-state index is 13.4. The van der Waals surface area contributed by atoms with Crippen LogP contribution in [0.5, 0.6) is 0 Å². The number of para-hydroxylation sites is 1. The minimum absolute atomic E-state index is 0.137. The fraction of sp³-hybridized carbons (Fsp3) is 0.533. The Morgan fingerprint density at radius 1 is 1.20 bits per heavy atom. The van der Waals surface area contributed by atoms with Gasteiger partial charge in [0.25, 0.3) is 0 Å². The van der Waals surface area contributed by atoms with Gasteiger partial charge in [0.05, 0.1) is 11.3 Å². The van der Waals surface area contributed by atoms with Gasteiger partial charge in [0.2, 0.25) is 0 Å². The molecule has 0 bridgehead atoms. The molecule has 1 aliphatic rings. The summed E-state index contributed by atoms with van der Waals surface area (Å²) in [6.45, 7) is 0.202. The highest BCUT2D eigenvalue weighted by atomic mass is 19.1. The summed E-state index contributed by atoms with van der Waals surface area (Å²) in [5.41, 5.74) is -0.693. The molecule has 0 aliphatic heterocycles. The first-order valence-corrected chi connectivity index (χ1v) is 7.11. The molecular weight excluding hydrogens is 259 g/mol. The number of nitrogens with one attached hydrogen (secondary N) is 2. The predicted molar refractivity (Wildman–Crippen MR) is 76.1 cm³/mol. The summed E-state index contributed by atoms with van der Waals surface area (Å²) < 4.78 is 13.4. The highest BCUT2D eigenvalue weighted by Gasteiger charge is 2.28. The largest absolute Gasteiger partial charge is 0.388 e. The minimum Gasteiger partial charge on any atom is -0.388 e. The van der Waals surface area contributed by atoms with Crippen molar-refractivity contribution in [1.82, 2.24) is 5.32 Å². The van der Waals surface area contributed by atoms with Crippen molar-refractivity contribution >= 4 is 11.7 Å². The van der Waals surface area contributed by atoms with Crippen LogP contribution in [-0.4, -0.2) is 23.3 Å². The molecular formula is C15H21FN2O2. The highest BCUT2D eigenvalue weighted by molar-refractivity contribution is 5.89. The average molecular weight is 280 g/mol. The number of urea groups is 1. The summed E-state index contributed by atoms with van der Waals surface area (Å²) in [6.07, 6.45) is 5.62. The lowest BCUT2D eigenvalue weighted by molar-refractivity contribution is 0.0281. The van der Waals surface area contributed by atoms with Gasteiger partial charge in [-0.25, -0.2) is 9.18 Å². The normalized spacial score (nSPS) is 18.1. The number of hydrogen-bond donors (Lipinski definition) is 3. The average Bonchev–Trinajstić information content (AvgIpc) is 2.65. The van der Waals surface area contributed by atoms with Gasteiger partial charge < -0.3 is 15.7 Å². The Kier molecular flexibility index (Phi) is 4.95. The molecule has 0 unspecified atom stereocenters. The first-order chi connectivity index (χ1) is 9.59. The van der Waals surface area contributed by atoms with Crippen LogP contribution in [0.3, 0.4) is 0 Å². The molecule has 2 rings (SSSR count). The quantitative estimate of drug-likeness (QED) is 0.745. The summed E-state index contributed by atoms with van der Waals surface area (Å²) in [4.78, 5) is 11.7. The van der Waals surface area contributed by atoms with E-state index in [2.05, 4.69) is 10.6 Å². The van der Waals surface area contributed by atoms with E-state index in [1.165, 1.54) is 12.1 Å².